The normalized spacial score (nSPS) is 15.5. The molecule has 2 heterocycles. The second-order valence-corrected chi connectivity index (χ2v) is 7.37. The number of aromatic amines is 1. The van der Waals surface area contributed by atoms with Crippen molar-refractivity contribution < 1.29 is 0 Å². The Hall–Kier alpha value is -2.01. The van der Waals surface area contributed by atoms with Gasteiger partial charge in [0.15, 0.2) is 0 Å². The molecule has 134 valence electrons. The predicted molar refractivity (Wildman–Crippen MR) is 109 cm³/mol. The fourth-order valence-corrected chi connectivity index (χ4v) is 3.85. The minimum Gasteiger partial charge on any atom is -0.368 e. The predicted octanol–water partition coefficient (Wildman–Crippen LogP) is 4.16. The van der Waals surface area contributed by atoms with E-state index in [9.17, 15) is 4.79 Å². The number of anilines is 1. The lowest BCUT2D eigenvalue weighted by Gasteiger charge is -2.36. The fraction of sp³-hybridized carbons (Fsp3) is 0.250. The molecule has 0 atom stereocenters. The average Bonchev–Trinajstić information content (AvgIpc) is 2.64. The number of halogens is 2. The van der Waals surface area contributed by atoms with Crippen LogP contribution in [0.3, 0.4) is 0 Å². The molecule has 4 rings (SSSR count). The third-order valence-electron chi connectivity index (χ3n) is 4.84. The van der Waals surface area contributed by atoms with Crippen LogP contribution in [0, 0.1) is 0 Å². The summed E-state index contributed by atoms with van der Waals surface area (Å²) >= 11 is 12.5. The third kappa shape index (κ3) is 3.58. The summed E-state index contributed by atoms with van der Waals surface area (Å²) in [6, 6.07) is 15.4. The lowest BCUT2D eigenvalue weighted by atomic mass is 10.1. The molecule has 2 aromatic carbocycles. The summed E-state index contributed by atoms with van der Waals surface area (Å²) in [6.45, 7) is 4.58. The van der Waals surface area contributed by atoms with Gasteiger partial charge in [-0.15, -0.1) is 0 Å². The molecule has 0 saturated carbocycles. The molecule has 6 heteroatoms. The van der Waals surface area contributed by atoms with Crippen LogP contribution in [0.4, 0.5) is 5.69 Å². The van der Waals surface area contributed by atoms with Crippen LogP contribution >= 0.6 is 23.2 Å². The van der Waals surface area contributed by atoms with Gasteiger partial charge in [-0.1, -0.05) is 41.4 Å². The van der Waals surface area contributed by atoms with E-state index in [0.717, 1.165) is 49.3 Å². The molecule has 0 spiro atoms. The highest BCUT2D eigenvalue weighted by Crippen LogP contribution is 2.33. The van der Waals surface area contributed by atoms with Crippen LogP contribution in [-0.2, 0) is 6.54 Å². The van der Waals surface area contributed by atoms with E-state index in [4.69, 9.17) is 23.2 Å². The first-order valence-corrected chi connectivity index (χ1v) is 9.39. The Morgan fingerprint density at radius 2 is 1.73 bits per heavy atom. The van der Waals surface area contributed by atoms with Crippen LogP contribution in [0.1, 0.15) is 5.56 Å². The van der Waals surface area contributed by atoms with Gasteiger partial charge in [0.2, 0.25) is 5.56 Å². The molecule has 1 aromatic heterocycles. The maximum absolute atomic E-state index is 11.5. The molecule has 1 fully saturated rings. The van der Waals surface area contributed by atoms with Gasteiger partial charge < -0.3 is 9.88 Å². The molecule has 1 aliphatic heterocycles. The van der Waals surface area contributed by atoms with Crippen molar-refractivity contribution >= 4 is 39.8 Å². The number of H-pyrrole nitrogens is 1. The maximum Gasteiger partial charge on any atom is 0.248 e. The van der Waals surface area contributed by atoms with Gasteiger partial charge in [-0.05, 0) is 35.2 Å². The Morgan fingerprint density at radius 1 is 0.962 bits per heavy atom. The molecule has 0 bridgehead atoms. The number of benzene rings is 2. The standard InChI is InChI=1S/C20H19Cl2N3O/c21-16-2-1-3-18(20(16)22)25-10-8-24(9-11-25)13-14-4-5-15-6-7-19(26)23-17(15)12-14/h1-7,12H,8-11,13H2,(H,23,26). The zero-order chi connectivity index (χ0) is 18.1. The van der Waals surface area contributed by atoms with Crippen LogP contribution in [0.2, 0.25) is 10.0 Å². The molecular formula is C20H19Cl2N3O. The summed E-state index contributed by atoms with van der Waals surface area (Å²) in [5, 5.41) is 2.27. The Bertz CT molecular complexity index is 994. The number of aromatic nitrogens is 1. The number of fused-ring (bicyclic) bond motifs is 1. The monoisotopic (exact) mass is 387 g/mol. The number of hydrogen-bond donors (Lipinski definition) is 1. The smallest absolute Gasteiger partial charge is 0.248 e. The van der Waals surface area contributed by atoms with Gasteiger partial charge in [0, 0.05) is 44.3 Å². The Labute approximate surface area is 161 Å². The molecule has 1 N–H and O–H groups in total. The van der Waals surface area contributed by atoms with Crippen LogP contribution in [0.25, 0.3) is 10.9 Å². The first-order valence-electron chi connectivity index (χ1n) is 8.63. The van der Waals surface area contributed by atoms with Gasteiger partial charge in [0.25, 0.3) is 0 Å². The quantitative estimate of drug-likeness (QED) is 0.733. The molecule has 3 aromatic rings. The summed E-state index contributed by atoms with van der Waals surface area (Å²) in [5.41, 5.74) is 3.02. The molecule has 0 unspecified atom stereocenters. The first kappa shape index (κ1) is 17.4. The third-order valence-corrected chi connectivity index (χ3v) is 5.65. The zero-order valence-corrected chi connectivity index (χ0v) is 15.7. The molecular weight excluding hydrogens is 369 g/mol. The molecule has 0 amide bonds. The number of rotatable bonds is 3. The summed E-state index contributed by atoms with van der Waals surface area (Å²) in [5.74, 6) is 0. The number of pyridine rings is 1. The summed E-state index contributed by atoms with van der Waals surface area (Å²) < 4.78 is 0. The number of nitrogens with zero attached hydrogens (tertiary/aromatic N) is 2. The van der Waals surface area contributed by atoms with Crippen LogP contribution in [-0.4, -0.2) is 36.1 Å². The molecule has 0 aliphatic carbocycles. The fourth-order valence-electron chi connectivity index (χ4n) is 3.44. The van der Waals surface area contributed by atoms with Crippen LogP contribution in [0.5, 0.6) is 0 Å². The van der Waals surface area contributed by atoms with Crippen LogP contribution < -0.4 is 10.5 Å². The topological polar surface area (TPSA) is 39.3 Å². The lowest BCUT2D eigenvalue weighted by Crippen LogP contribution is -2.46. The van der Waals surface area contributed by atoms with Gasteiger partial charge in [-0.3, -0.25) is 9.69 Å². The van der Waals surface area contributed by atoms with E-state index >= 15 is 0 Å². The van der Waals surface area contributed by atoms with Crippen molar-refractivity contribution in [1.29, 1.82) is 0 Å². The van der Waals surface area contributed by atoms with E-state index in [1.165, 1.54) is 5.56 Å². The number of nitrogens with one attached hydrogen (secondary N) is 1. The lowest BCUT2D eigenvalue weighted by molar-refractivity contribution is 0.250. The van der Waals surface area contributed by atoms with E-state index in [1.807, 2.05) is 24.3 Å². The molecule has 26 heavy (non-hydrogen) atoms. The van der Waals surface area contributed by atoms with Gasteiger partial charge >= 0.3 is 0 Å². The number of piperazine rings is 1. The minimum absolute atomic E-state index is 0.0679. The first-order chi connectivity index (χ1) is 12.6. The average molecular weight is 388 g/mol. The van der Waals surface area contributed by atoms with E-state index in [1.54, 1.807) is 6.07 Å². The van der Waals surface area contributed by atoms with Gasteiger partial charge in [0.05, 0.1) is 15.7 Å². The van der Waals surface area contributed by atoms with Crippen molar-refractivity contribution in [2.24, 2.45) is 0 Å². The molecule has 4 nitrogen and oxygen atoms in total. The van der Waals surface area contributed by atoms with Crippen molar-refractivity contribution in [3.05, 3.63) is 74.5 Å². The molecule has 1 aliphatic rings. The SMILES string of the molecule is O=c1ccc2ccc(CN3CCN(c4cccc(Cl)c4Cl)CC3)cc2[nH]1. The molecule has 0 radical (unpaired) electrons. The second kappa shape index (κ2) is 7.31. The van der Waals surface area contributed by atoms with Crippen LogP contribution in [0.15, 0.2) is 53.3 Å². The van der Waals surface area contributed by atoms with E-state index in [2.05, 4.69) is 33.0 Å². The Balaban J connectivity index is 1.44. The van der Waals surface area contributed by atoms with Crippen molar-refractivity contribution in [2.75, 3.05) is 31.1 Å². The Kier molecular flexibility index (Phi) is 4.90. The van der Waals surface area contributed by atoms with Gasteiger partial charge in [0.1, 0.15) is 0 Å². The zero-order valence-electron chi connectivity index (χ0n) is 14.2. The number of hydrogen-bond acceptors (Lipinski definition) is 3. The van der Waals surface area contributed by atoms with Crippen molar-refractivity contribution in [2.45, 2.75) is 6.54 Å². The highest BCUT2D eigenvalue weighted by Gasteiger charge is 2.19. The van der Waals surface area contributed by atoms with Crippen molar-refractivity contribution in [3.63, 3.8) is 0 Å². The van der Waals surface area contributed by atoms with Gasteiger partial charge in [-0.25, -0.2) is 0 Å². The van der Waals surface area contributed by atoms with Crippen molar-refractivity contribution in [3.8, 4) is 0 Å². The largest absolute Gasteiger partial charge is 0.368 e. The maximum atomic E-state index is 11.5. The Morgan fingerprint density at radius 3 is 2.54 bits per heavy atom. The highest BCUT2D eigenvalue weighted by molar-refractivity contribution is 6.43. The van der Waals surface area contributed by atoms with E-state index < -0.39 is 0 Å². The highest BCUT2D eigenvalue weighted by atomic mass is 35.5. The summed E-state index contributed by atoms with van der Waals surface area (Å²) in [6.07, 6.45) is 0. The van der Waals surface area contributed by atoms with Gasteiger partial charge in [-0.2, -0.15) is 0 Å². The van der Waals surface area contributed by atoms with E-state index in [0.29, 0.717) is 10.0 Å². The molecule has 1 saturated heterocycles. The summed E-state index contributed by atoms with van der Waals surface area (Å²) in [4.78, 5) is 19.1. The summed E-state index contributed by atoms with van der Waals surface area (Å²) in [7, 11) is 0. The minimum atomic E-state index is -0.0679. The van der Waals surface area contributed by atoms with E-state index in [-0.39, 0.29) is 5.56 Å². The second-order valence-electron chi connectivity index (χ2n) is 6.58. The van der Waals surface area contributed by atoms with Crippen molar-refractivity contribution in [1.82, 2.24) is 9.88 Å².